The Kier molecular flexibility index (Phi) is 4.52. The minimum Gasteiger partial charge on any atom is -0.497 e. The average Bonchev–Trinajstić information content (AvgIpc) is 3.31. The van der Waals surface area contributed by atoms with Gasteiger partial charge in [-0.15, -0.1) is 0 Å². The molecule has 2 unspecified atom stereocenters. The number of benzene rings is 2. The summed E-state index contributed by atoms with van der Waals surface area (Å²) in [5, 5.41) is 4.14. The molecule has 25 heavy (non-hydrogen) atoms. The van der Waals surface area contributed by atoms with Gasteiger partial charge in [0.2, 0.25) is 11.7 Å². The summed E-state index contributed by atoms with van der Waals surface area (Å²) in [6.45, 7) is 0.721. The summed E-state index contributed by atoms with van der Waals surface area (Å²) in [5.41, 5.74) is 8.55. The van der Waals surface area contributed by atoms with Crippen LogP contribution in [-0.2, 0) is 0 Å². The van der Waals surface area contributed by atoms with Gasteiger partial charge in [-0.1, -0.05) is 33.2 Å². The Morgan fingerprint density at radius 1 is 1.12 bits per heavy atom. The molecule has 0 saturated carbocycles. The highest BCUT2D eigenvalue weighted by Crippen LogP contribution is 2.34. The Labute approximate surface area is 153 Å². The number of hydrogen-bond acceptors (Lipinski definition) is 6. The van der Waals surface area contributed by atoms with Gasteiger partial charge in [0.1, 0.15) is 5.75 Å². The summed E-state index contributed by atoms with van der Waals surface area (Å²) in [5.74, 6) is 2.12. The van der Waals surface area contributed by atoms with Crippen molar-refractivity contribution in [3.05, 3.63) is 64.5 Å². The number of nitrogens with zero attached hydrogens (tertiary/aromatic N) is 2. The van der Waals surface area contributed by atoms with Crippen molar-refractivity contribution in [3.8, 4) is 17.1 Å². The molecule has 0 aliphatic carbocycles. The molecule has 1 saturated heterocycles. The zero-order valence-electron chi connectivity index (χ0n) is 13.6. The normalized spacial score (nSPS) is 19.9. The molecule has 7 heteroatoms. The number of nitrogens with one attached hydrogen (secondary N) is 2. The van der Waals surface area contributed by atoms with E-state index < -0.39 is 0 Å². The summed E-state index contributed by atoms with van der Waals surface area (Å²) in [6.07, 6.45) is 0. The van der Waals surface area contributed by atoms with Crippen LogP contribution in [0.25, 0.3) is 11.4 Å². The number of hydrazine groups is 1. The van der Waals surface area contributed by atoms with E-state index in [1.807, 2.05) is 48.5 Å². The third-order valence-corrected chi connectivity index (χ3v) is 4.85. The summed E-state index contributed by atoms with van der Waals surface area (Å²) >= 11 is 3.43. The number of methoxy groups -OCH3 is 1. The zero-order chi connectivity index (χ0) is 17.2. The van der Waals surface area contributed by atoms with E-state index in [2.05, 4.69) is 36.9 Å². The predicted molar refractivity (Wildman–Crippen MR) is 97.0 cm³/mol. The van der Waals surface area contributed by atoms with Crippen molar-refractivity contribution in [2.45, 2.75) is 12.0 Å². The van der Waals surface area contributed by atoms with Crippen LogP contribution in [0.2, 0.25) is 0 Å². The second-order valence-corrected chi connectivity index (χ2v) is 6.76. The molecule has 1 aliphatic rings. The van der Waals surface area contributed by atoms with Crippen LogP contribution in [0.1, 0.15) is 23.4 Å². The van der Waals surface area contributed by atoms with Crippen molar-refractivity contribution in [2.75, 3.05) is 13.7 Å². The first-order chi connectivity index (χ1) is 12.2. The lowest BCUT2D eigenvalue weighted by atomic mass is 9.95. The standard InChI is InChI=1S/C18H17BrN4O2/c1-24-14-8-4-11(5-9-14)16-15(10-20-22-16)18-21-17(23-25-18)12-2-6-13(19)7-3-12/h2-9,15-16,20,22H,10H2,1H3. The Hall–Kier alpha value is -2.22. The van der Waals surface area contributed by atoms with E-state index in [9.17, 15) is 0 Å². The van der Waals surface area contributed by atoms with Crippen LogP contribution < -0.4 is 15.6 Å². The Balaban J connectivity index is 1.59. The molecule has 2 N–H and O–H groups in total. The molecule has 128 valence electrons. The van der Waals surface area contributed by atoms with Crippen molar-refractivity contribution in [1.29, 1.82) is 0 Å². The first-order valence-electron chi connectivity index (χ1n) is 7.96. The van der Waals surface area contributed by atoms with E-state index in [0.29, 0.717) is 11.7 Å². The Morgan fingerprint density at radius 2 is 1.88 bits per heavy atom. The molecular weight excluding hydrogens is 384 g/mol. The third kappa shape index (κ3) is 3.30. The highest BCUT2D eigenvalue weighted by Gasteiger charge is 2.34. The largest absolute Gasteiger partial charge is 0.497 e. The molecule has 3 aromatic rings. The van der Waals surface area contributed by atoms with Crippen molar-refractivity contribution in [3.63, 3.8) is 0 Å². The molecular formula is C18H17BrN4O2. The molecule has 0 bridgehead atoms. The zero-order valence-corrected chi connectivity index (χ0v) is 15.2. The van der Waals surface area contributed by atoms with Crippen molar-refractivity contribution < 1.29 is 9.26 Å². The number of hydrogen-bond donors (Lipinski definition) is 2. The van der Waals surface area contributed by atoms with Crippen molar-refractivity contribution in [1.82, 2.24) is 21.0 Å². The summed E-state index contributed by atoms with van der Waals surface area (Å²) in [6, 6.07) is 15.9. The van der Waals surface area contributed by atoms with Gasteiger partial charge in [0, 0.05) is 16.6 Å². The maximum absolute atomic E-state index is 5.55. The lowest BCUT2D eigenvalue weighted by molar-refractivity contribution is 0.347. The molecule has 2 heterocycles. The SMILES string of the molecule is COc1ccc(C2NNCC2c2nc(-c3ccc(Br)cc3)no2)cc1. The molecule has 1 fully saturated rings. The molecule has 4 rings (SSSR count). The fraction of sp³-hybridized carbons (Fsp3) is 0.222. The summed E-state index contributed by atoms with van der Waals surface area (Å²) in [4.78, 5) is 4.60. The van der Waals surface area contributed by atoms with Gasteiger partial charge in [-0.25, -0.2) is 5.43 Å². The number of aromatic nitrogens is 2. The van der Waals surface area contributed by atoms with Gasteiger partial charge in [0.25, 0.3) is 0 Å². The third-order valence-electron chi connectivity index (χ3n) is 4.32. The fourth-order valence-corrected chi connectivity index (χ4v) is 3.22. The predicted octanol–water partition coefficient (Wildman–Crippen LogP) is 3.44. The maximum Gasteiger partial charge on any atom is 0.233 e. The highest BCUT2D eigenvalue weighted by molar-refractivity contribution is 9.10. The number of ether oxygens (including phenoxy) is 1. The molecule has 6 nitrogen and oxygen atoms in total. The van der Waals surface area contributed by atoms with E-state index in [1.54, 1.807) is 7.11 Å². The second kappa shape index (κ2) is 6.95. The monoisotopic (exact) mass is 400 g/mol. The topological polar surface area (TPSA) is 72.2 Å². The van der Waals surface area contributed by atoms with Gasteiger partial charge < -0.3 is 9.26 Å². The Bertz CT molecular complexity index is 848. The van der Waals surface area contributed by atoms with Crippen LogP contribution in [0.3, 0.4) is 0 Å². The molecule has 0 amide bonds. The molecule has 0 radical (unpaired) electrons. The van der Waals surface area contributed by atoms with Crippen LogP contribution >= 0.6 is 15.9 Å². The number of rotatable bonds is 4. The first kappa shape index (κ1) is 16.3. The summed E-state index contributed by atoms with van der Waals surface area (Å²) < 4.78 is 11.8. The molecule has 1 aliphatic heterocycles. The van der Waals surface area contributed by atoms with Crippen LogP contribution in [0, 0.1) is 0 Å². The van der Waals surface area contributed by atoms with Gasteiger partial charge in [0.15, 0.2) is 0 Å². The summed E-state index contributed by atoms with van der Waals surface area (Å²) in [7, 11) is 1.66. The van der Waals surface area contributed by atoms with Crippen LogP contribution in [-0.4, -0.2) is 23.8 Å². The Morgan fingerprint density at radius 3 is 2.60 bits per heavy atom. The first-order valence-corrected chi connectivity index (χ1v) is 8.76. The lowest BCUT2D eigenvalue weighted by Gasteiger charge is -2.15. The maximum atomic E-state index is 5.55. The molecule has 2 aromatic carbocycles. The molecule has 2 atom stereocenters. The average molecular weight is 401 g/mol. The minimum absolute atomic E-state index is 0.0594. The molecule has 0 spiro atoms. The van der Waals surface area contributed by atoms with E-state index in [4.69, 9.17) is 9.26 Å². The van der Waals surface area contributed by atoms with Gasteiger partial charge in [0.05, 0.1) is 19.1 Å². The van der Waals surface area contributed by atoms with Crippen molar-refractivity contribution in [2.24, 2.45) is 0 Å². The van der Waals surface area contributed by atoms with Gasteiger partial charge in [-0.05, 0) is 42.0 Å². The second-order valence-electron chi connectivity index (χ2n) is 5.85. The van der Waals surface area contributed by atoms with E-state index in [-0.39, 0.29) is 12.0 Å². The lowest BCUT2D eigenvalue weighted by Crippen LogP contribution is -2.24. The van der Waals surface area contributed by atoms with Gasteiger partial charge >= 0.3 is 0 Å². The smallest absolute Gasteiger partial charge is 0.233 e. The highest BCUT2D eigenvalue weighted by atomic mass is 79.9. The van der Waals surface area contributed by atoms with Crippen LogP contribution in [0.5, 0.6) is 5.75 Å². The van der Waals surface area contributed by atoms with E-state index in [0.717, 1.165) is 27.9 Å². The van der Waals surface area contributed by atoms with Crippen LogP contribution in [0.15, 0.2) is 57.5 Å². The van der Waals surface area contributed by atoms with E-state index >= 15 is 0 Å². The van der Waals surface area contributed by atoms with Crippen molar-refractivity contribution >= 4 is 15.9 Å². The van der Waals surface area contributed by atoms with Crippen LogP contribution in [0.4, 0.5) is 0 Å². The number of halogens is 1. The van der Waals surface area contributed by atoms with Gasteiger partial charge in [-0.2, -0.15) is 4.98 Å². The minimum atomic E-state index is 0.0594. The molecule has 1 aromatic heterocycles. The van der Waals surface area contributed by atoms with Gasteiger partial charge in [-0.3, -0.25) is 5.43 Å². The van der Waals surface area contributed by atoms with E-state index in [1.165, 1.54) is 0 Å². The quantitative estimate of drug-likeness (QED) is 0.698. The fourth-order valence-electron chi connectivity index (χ4n) is 2.96.